The van der Waals surface area contributed by atoms with Crippen LogP contribution in [0.3, 0.4) is 0 Å². The molecule has 0 unspecified atom stereocenters. The van der Waals surface area contributed by atoms with Crippen molar-refractivity contribution in [2.75, 3.05) is 6.79 Å². The van der Waals surface area contributed by atoms with E-state index >= 15 is 0 Å². The Labute approximate surface area is 167 Å². The van der Waals surface area contributed by atoms with Gasteiger partial charge < -0.3 is 9.47 Å². The predicted octanol–water partition coefficient (Wildman–Crippen LogP) is 3.67. The largest absolute Gasteiger partial charge is 0.454 e. The Bertz CT molecular complexity index is 1170. The highest BCUT2D eigenvalue weighted by Crippen LogP contribution is 2.36. The average Bonchev–Trinajstić information content (AvgIpc) is 3.37. The second kappa shape index (κ2) is 7.04. The van der Waals surface area contributed by atoms with E-state index in [2.05, 4.69) is 9.82 Å². The van der Waals surface area contributed by atoms with Gasteiger partial charge in [0.05, 0.1) is 9.77 Å². The molecule has 1 aromatic carbocycles. The van der Waals surface area contributed by atoms with Crippen molar-refractivity contribution in [2.24, 2.45) is 0 Å². The first-order valence-electron chi connectivity index (χ1n) is 8.25. The lowest BCUT2D eigenvalue weighted by Gasteiger charge is -2.07. The Hall–Kier alpha value is -2.57. The molecule has 0 atom stereocenters. The highest BCUT2D eigenvalue weighted by Gasteiger charge is 2.33. The van der Waals surface area contributed by atoms with Crippen LogP contribution in [-0.2, 0) is 22.7 Å². The minimum absolute atomic E-state index is 0.00481. The summed E-state index contributed by atoms with van der Waals surface area (Å²) < 4.78 is 76.6. The maximum Gasteiger partial charge on any atom is 0.432 e. The summed E-state index contributed by atoms with van der Waals surface area (Å²) in [5.74, 6) is 1.13. The van der Waals surface area contributed by atoms with Gasteiger partial charge in [-0.3, -0.25) is 5.10 Å². The van der Waals surface area contributed by atoms with Crippen molar-refractivity contribution in [3.8, 4) is 22.1 Å². The van der Waals surface area contributed by atoms with Gasteiger partial charge in [0.1, 0.15) is 11.4 Å². The fourth-order valence-electron chi connectivity index (χ4n) is 2.76. The normalized spacial score (nSPS) is 13.8. The quantitative estimate of drug-likeness (QED) is 0.625. The van der Waals surface area contributed by atoms with E-state index in [1.54, 1.807) is 25.1 Å². The number of hydrogen-bond acceptors (Lipinski definition) is 6. The molecule has 12 heteroatoms. The third-order valence-corrected chi connectivity index (χ3v) is 6.93. The van der Waals surface area contributed by atoms with E-state index < -0.39 is 21.9 Å². The Kier molecular flexibility index (Phi) is 4.79. The van der Waals surface area contributed by atoms with Crippen LogP contribution < -0.4 is 14.2 Å². The molecule has 2 N–H and O–H groups in total. The number of nitrogens with zero attached hydrogens (tertiary/aromatic N) is 1. The van der Waals surface area contributed by atoms with Gasteiger partial charge in [-0.2, -0.15) is 18.3 Å². The van der Waals surface area contributed by atoms with Gasteiger partial charge in [-0.15, -0.1) is 11.3 Å². The third-order valence-electron chi connectivity index (χ3n) is 4.20. The summed E-state index contributed by atoms with van der Waals surface area (Å²) in [5.41, 5.74) is -0.292. The molecule has 0 saturated carbocycles. The smallest absolute Gasteiger partial charge is 0.432 e. The molecular weight excluding hydrogens is 431 g/mol. The summed E-state index contributed by atoms with van der Waals surface area (Å²) in [6.45, 7) is 1.72. The average molecular weight is 445 g/mol. The monoisotopic (exact) mass is 445 g/mol. The number of sulfonamides is 1. The number of fused-ring (bicyclic) bond motifs is 1. The topological polar surface area (TPSA) is 93.3 Å². The first-order valence-corrected chi connectivity index (χ1v) is 10.5. The molecular formula is C17H14F3N3O4S2. The number of ether oxygens (including phenoxy) is 2. The number of alkyl halides is 3. The van der Waals surface area contributed by atoms with E-state index in [1.165, 1.54) is 6.07 Å². The summed E-state index contributed by atoms with van der Waals surface area (Å²) in [4.78, 5) is 0.752. The molecule has 3 aromatic rings. The number of H-pyrrole nitrogens is 1. The van der Waals surface area contributed by atoms with Crippen LogP contribution in [0.15, 0.2) is 35.2 Å². The van der Waals surface area contributed by atoms with Crippen molar-refractivity contribution in [1.82, 2.24) is 14.9 Å². The van der Waals surface area contributed by atoms with Gasteiger partial charge in [0.25, 0.3) is 0 Å². The van der Waals surface area contributed by atoms with Crippen LogP contribution in [0.5, 0.6) is 11.5 Å². The number of benzene rings is 1. The van der Waals surface area contributed by atoms with Crippen molar-refractivity contribution in [3.05, 3.63) is 46.5 Å². The van der Waals surface area contributed by atoms with Crippen molar-refractivity contribution < 1.29 is 31.1 Å². The Morgan fingerprint density at radius 2 is 1.97 bits per heavy atom. The Morgan fingerprint density at radius 3 is 2.69 bits per heavy atom. The minimum atomic E-state index is -4.56. The zero-order chi connectivity index (χ0) is 20.8. The fraction of sp³-hybridized carbons (Fsp3) is 0.235. The van der Waals surface area contributed by atoms with Crippen LogP contribution in [0.1, 0.15) is 16.1 Å². The maximum absolute atomic E-state index is 12.7. The van der Waals surface area contributed by atoms with Gasteiger partial charge in [0, 0.05) is 11.4 Å². The molecule has 0 radical (unpaired) electrons. The molecule has 0 bridgehead atoms. The number of thiophene rings is 1. The highest BCUT2D eigenvalue weighted by molar-refractivity contribution is 7.89. The first kappa shape index (κ1) is 19.7. The number of aromatic amines is 1. The number of rotatable bonds is 5. The van der Waals surface area contributed by atoms with Gasteiger partial charge in [-0.05, 0) is 36.8 Å². The van der Waals surface area contributed by atoms with Crippen LogP contribution in [0.2, 0.25) is 0 Å². The first-order chi connectivity index (χ1) is 13.6. The zero-order valence-electron chi connectivity index (χ0n) is 14.8. The summed E-state index contributed by atoms with van der Waals surface area (Å²) in [7, 11) is -3.88. The molecule has 0 spiro atoms. The molecule has 3 heterocycles. The summed E-state index contributed by atoms with van der Waals surface area (Å²) >= 11 is 1.05. The van der Waals surface area contributed by atoms with Crippen LogP contribution in [0, 0.1) is 6.92 Å². The molecule has 2 aromatic heterocycles. The molecule has 1 aliphatic rings. The second-order valence-corrected chi connectivity index (χ2v) is 9.20. The van der Waals surface area contributed by atoms with E-state index in [0.29, 0.717) is 26.8 Å². The van der Waals surface area contributed by atoms with E-state index in [0.717, 1.165) is 17.4 Å². The zero-order valence-corrected chi connectivity index (χ0v) is 16.5. The van der Waals surface area contributed by atoms with Gasteiger partial charge in [-0.25, -0.2) is 13.1 Å². The van der Waals surface area contributed by atoms with Gasteiger partial charge in [0.15, 0.2) is 11.5 Å². The molecule has 0 amide bonds. The van der Waals surface area contributed by atoms with Gasteiger partial charge in [-0.1, -0.05) is 6.07 Å². The van der Waals surface area contributed by atoms with Crippen molar-refractivity contribution >= 4 is 21.4 Å². The SMILES string of the molecule is Cc1sc(-c2cc(C(F)(F)F)[nH]n2)cc1S(=O)(=O)NCc1ccc2c(c1)OCO2. The lowest BCUT2D eigenvalue weighted by atomic mass is 10.2. The molecule has 1 aliphatic heterocycles. The lowest BCUT2D eigenvalue weighted by Crippen LogP contribution is -2.23. The summed E-state index contributed by atoms with van der Waals surface area (Å²) in [6, 6.07) is 7.25. The van der Waals surface area contributed by atoms with Crippen molar-refractivity contribution in [2.45, 2.75) is 24.5 Å². The molecule has 0 fully saturated rings. The molecule has 0 aliphatic carbocycles. The van der Waals surface area contributed by atoms with Gasteiger partial charge in [0.2, 0.25) is 16.8 Å². The van der Waals surface area contributed by atoms with E-state index in [9.17, 15) is 21.6 Å². The number of nitrogens with one attached hydrogen (secondary N) is 2. The maximum atomic E-state index is 12.7. The Balaban J connectivity index is 1.53. The summed E-state index contributed by atoms with van der Waals surface area (Å²) in [6.07, 6.45) is -4.56. The number of aryl methyl sites for hydroxylation is 1. The predicted molar refractivity (Wildman–Crippen MR) is 98.2 cm³/mol. The van der Waals surface area contributed by atoms with Crippen molar-refractivity contribution in [1.29, 1.82) is 0 Å². The fourth-order valence-corrected chi connectivity index (χ4v) is 5.33. The van der Waals surface area contributed by atoms with E-state index in [1.807, 2.05) is 5.10 Å². The third kappa shape index (κ3) is 3.95. The van der Waals surface area contributed by atoms with Crippen LogP contribution in [-0.4, -0.2) is 25.4 Å². The van der Waals surface area contributed by atoms with E-state index in [4.69, 9.17) is 9.47 Å². The van der Waals surface area contributed by atoms with Crippen LogP contribution in [0.4, 0.5) is 13.2 Å². The van der Waals surface area contributed by atoms with Crippen LogP contribution in [0.25, 0.3) is 10.6 Å². The number of hydrogen-bond donors (Lipinski definition) is 2. The molecule has 29 heavy (non-hydrogen) atoms. The Morgan fingerprint density at radius 1 is 1.21 bits per heavy atom. The molecule has 0 saturated heterocycles. The molecule has 154 valence electrons. The second-order valence-electron chi connectivity index (χ2n) is 6.21. The highest BCUT2D eigenvalue weighted by atomic mass is 32.2. The standard InChI is InChI=1S/C17H14F3N3O4S2/c1-9-15(6-14(28-9)11-5-16(23-22-11)17(18,19)20)29(24,25)21-7-10-2-3-12-13(4-10)27-8-26-12/h2-6,21H,7-8H2,1H3,(H,22,23). The minimum Gasteiger partial charge on any atom is -0.454 e. The molecule has 4 rings (SSSR count). The van der Waals surface area contributed by atoms with E-state index in [-0.39, 0.29) is 23.9 Å². The lowest BCUT2D eigenvalue weighted by molar-refractivity contribution is -0.141. The summed E-state index contributed by atoms with van der Waals surface area (Å²) in [5, 5.41) is 5.56. The van der Waals surface area contributed by atoms with Gasteiger partial charge >= 0.3 is 6.18 Å². The molecule has 7 nitrogen and oxygen atoms in total. The van der Waals surface area contributed by atoms with Crippen molar-refractivity contribution in [3.63, 3.8) is 0 Å². The number of halogens is 3. The number of aromatic nitrogens is 2. The van der Waals surface area contributed by atoms with Crippen LogP contribution >= 0.6 is 11.3 Å².